The van der Waals surface area contributed by atoms with Crippen molar-refractivity contribution in [1.29, 1.82) is 0 Å². The fraction of sp³-hybridized carbons (Fsp3) is 0.750. The Morgan fingerprint density at radius 1 is 1.47 bits per heavy atom. The molecular weight excluding hydrogens is 268 g/mol. The van der Waals surface area contributed by atoms with Crippen LogP contribution in [0.25, 0.3) is 0 Å². The molecule has 0 saturated heterocycles. The van der Waals surface area contributed by atoms with E-state index in [0.29, 0.717) is 10.7 Å². The number of nitrogens with one attached hydrogen (secondary N) is 1. The van der Waals surface area contributed by atoms with Gasteiger partial charge in [0.25, 0.3) is 0 Å². The van der Waals surface area contributed by atoms with Gasteiger partial charge in [0.15, 0.2) is 0 Å². The number of amides is 1. The molecule has 0 unspecified atom stereocenters. The zero-order valence-electron chi connectivity index (χ0n) is 12.3. The minimum Gasteiger partial charge on any atom is -0.443 e. The number of carbonyl (C=O) groups excluding carboxylic acids is 1. The lowest BCUT2D eigenvalue weighted by Gasteiger charge is -2.27. The van der Waals surface area contributed by atoms with Crippen molar-refractivity contribution in [2.75, 3.05) is 6.54 Å². The highest BCUT2D eigenvalue weighted by Gasteiger charge is 2.31. The van der Waals surface area contributed by atoms with Gasteiger partial charge in [-0.3, -0.25) is 0 Å². The van der Waals surface area contributed by atoms with E-state index in [0.717, 1.165) is 0 Å². The maximum Gasteiger partial charge on any atom is 0.425 e. The molecule has 0 aliphatic rings. The summed E-state index contributed by atoms with van der Waals surface area (Å²) in [7, 11) is -3.90. The molecule has 0 aromatic rings. The van der Waals surface area contributed by atoms with Crippen molar-refractivity contribution in [3.8, 4) is 0 Å². The summed E-state index contributed by atoms with van der Waals surface area (Å²) >= 11 is 0. The van der Waals surface area contributed by atoms with E-state index in [1.54, 1.807) is 40.7 Å². The van der Waals surface area contributed by atoms with Crippen LogP contribution in [-0.2, 0) is 14.9 Å². The van der Waals surface area contributed by atoms with Gasteiger partial charge in [-0.25, -0.2) is 4.79 Å². The van der Waals surface area contributed by atoms with E-state index in [2.05, 4.69) is 11.3 Å². The Kier molecular flexibility index (Phi) is 6.51. The number of hydrogen-bond donors (Lipinski definition) is 1. The number of carbonyl (C=O) groups is 1. The normalized spacial score (nSPS) is 13.7. The van der Waals surface area contributed by atoms with Crippen molar-refractivity contribution in [3.05, 3.63) is 12.7 Å². The zero-order valence-corrected chi connectivity index (χ0v) is 13.1. The highest BCUT2D eigenvalue weighted by atomic mass is 32.2. The lowest BCUT2D eigenvalue weighted by atomic mass is 10.2. The second-order valence-electron chi connectivity index (χ2n) is 5.19. The molecule has 0 aliphatic carbocycles. The Balaban J connectivity index is 4.93. The monoisotopic (exact) mass is 292 g/mol. The second-order valence-corrected chi connectivity index (χ2v) is 6.82. The molecule has 1 amide bonds. The smallest absolute Gasteiger partial charge is 0.425 e. The number of nitrogens with zero attached hydrogens (tertiary/aromatic N) is 1. The molecule has 0 heterocycles. The Bertz CT molecular complexity index is 412. The summed E-state index contributed by atoms with van der Waals surface area (Å²) in [5.74, 6) is 0. The van der Waals surface area contributed by atoms with Crippen LogP contribution in [0.2, 0.25) is 0 Å². The molecule has 0 aliphatic heterocycles. The number of ether oxygens (including phenoxy) is 1. The van der Waals surface area contributed by atoms with Gasteiger partial charge in [-0.2, -0.15) is 17.4 Å². The Morgan fingerprint density at radius 3 is 2.37 bits per heavy atom. The Morgan fingerprint density at radius 2 is 2.00 bits per heavy atom. The highest BCUT2D eigenvalue weighted by molar-refractivity contribution is 7.87. The third-order valence-electron chi connectivity index (χ3n) is 2.04. The molecule has 0 aromatic heterocycles. The fourth-order valence-electron chi connectivity index (χ4n) is 1.33. The molecule has 0 saturated carbocycles. The van der Waals surface area contributed by atoms with Crippen molar-refractivity contribution >= 4 is 16.3 Å². The Hall–Kier alpha value is -1.08. The lowest BCUT2D eigenvalue weighted by molar-refractivity contribution is 0.0395. The van der Waals surface area contributed by atoms with Crippen LogP contribution in [0.5, 0.6) is 0 Å². The van der Waals surface area contributed by atoms with Gasteiger partial charge in [-0.15, -0.1) is 6.58 Å². The van der Waals surface area contributed by atoms with Crippen LogP contribution in [0.3, 0.4) is 0 Å². The van der Waals surface area contributed by atoms with Crippen molar-refractivity contribution < 1.29 is 17.9 Å². The number of hydrogen-bond acceptors (Lipinski definition) is 4. The van der Waals surface area contributed by atoms with Gasteiger partial charge in [-0.05, 0) is 41.0 Å². The van der Waals surface area contributed by atoms with E-state index in [1.165, 1.54) is 0 Å². The number of rotatable bonds is 6. The first-order chi connectivity index (χ1) is 8.53. The van der Waals surface area contributed by atoms with Crippen molar-refractivity contribution in [2.45, 2.75) is 52.7 Å². The van der Waals surface area contributed by atoms with Crippen LogP contribution >= 0.6 is 0 Å². The molecule has 0 fully saturated rings. The van der Waals surface area contributed by atoms with Gasteiger partial charge in [0, 0.05) is 12.6 Å². The maximum absolute atomic E-state index is 12.1. The lowest BCUT2D eigenvalue weighted by Crippen LogP contribution is -2.48. The average molecular weight is 292 g/mol. The van der Waals surface area contributed by atoms with Gasteiger partial charge in [0.05, 0.1) is 0 Å². The van der Waals surface area contributed by atoms with E-state index in [9.17, 15) is 13.2 Å². The molecule has 1 atom stereocenters. The van der Waals surface area contributed by atoms with Crippen LogP contribution < -0.4 is 4.72 Å². The van der Waals surface area contributed by atoms with E-state index in [-0.39, 0.29) is 12.6 Å². The van der Waals surface area contributed by atoms with E-state index in [1.807, 2.05) is 0 Å². The highest BCUT2D eigenvalue weighted by Crippen LogP contribution is 2.12. The molecule has 0 rings (SSSR count). The molecular formula is C12H24N2O4S. The zero-order chi connectivity index (χ0) is 15.3. The van der Waals surface area contributed by atoms with Crippen LogP contribution in [-0.4, -0.2) is 37.0 Å². The quantitative estimate of drug-likeness (QED) is 0.760. The standard InChI is InChI=1S/C12H24N2O4S/c1-7-9-10(3)13-19(16,17)14(8-2)11(15)18-12(4,5)6/h7,10,13H,1,8-9H2,2-6H3/t10-/m1/s1. The van der Waals surface area contributed by atoms with Gasteiger partial charge in [0.1, 0.15) is 5.60 Å². The SMILES string of the molecule is C=CC[C@@H](C)NS(=O)(=O)N(CC)C(=O)OC(C)(C)C. The minimum atomic E-state index is -3.90. The first-order valence-electron chi connectivity index (χ1n) is 6.17. The predicted molar refractivity (Wildman–Crippen MR) is 74.9 cm³/mol. The molecule has 0 spiro atoms. The molecule has 7 heteroatoms. The molecule has 0 bridgehead atoms. The van der Waals surface area contributed by atoms with Crippen LogP contribution in [0.4, 0.5) is 4.79 Å². The van der Waals surface area contributed by atoms with E-state index in [4.69, 9.17) is 4.74 Å². The molecule has 6 nitrogen and oxygen atoms in total. The molecule has 19 heavy (non-hydrogen) atoms. The summed E-state index contributed by atoms with van der Waals surface area (Å²) in [5.41, 5.74) is -0.743. The summed E-state index contributed by atoms with van der Waals surface area (Å²) in [6.07, 6.45) is 1.20. The van der Waals surface area contributed by atoms with Gasteiger partial charge >= 0.3 is 16.3 Å². The maximum atomic E-state index is 12.1. The first kappa shape index (κ1) is 17.9. The van der Waals surface area contributed by atoms with Gasteiger partial charge < -0.3 is 4.74 Å². The third kappa shape index (κ3) is 6.58. The fourth-order valence-corrected chi connectivity index (χ4v) is 2.63. The van der Waals surface area contributed by atoms with Crippen LogP contribution in [0, 0.1) is 0 Å². The van der Waals surface area contributed by atoms with E-state index < -0.39 is 21.9 Å². The molecule has 1 N–H and O–H groups in total. The van der Waals surface area contributed by atoms with Crippen LogP contribution in [0.15, 0.2) is 12.7 Å². The van der Waals surface area contributed by atoms with Crippen molar-refractivity contribution in [1.82, 2.24) is 9.03 Å². The largest absolute Gasteiger partial charge is 0.443 e. The molecule has 0 aromatic carbocycles. The summed E-state index contributed by atoms with van der Waals surface area (Å²) in [6.45, 7) is 11.9. The van der Waals surface area contributed by atoms with Crippen molar-refractivity contribution in [2.24, 2.45) is 0 Å². The summed E-state index contributed by atoms with van der Waals surface area (Å²) in [4.78, 5) is 11.8. The second kappa shape index (κ2) is 6.91. The van der Waals surface area contributed by atoms with Crippen LogP contribution in [0.1, 0.15) is 41.0 Å². The first-order valence-corrected chi connectivity index (χ1v) is 7.61. The third-order valence-corrected chi connectivity index (χ3v) is 3.73. The minimum absolute atomic E-state index is 0.00502. The average Bonchev–Trinajstić information content (AvgIpc) is 2.13. The molecule has 0 radical (unpaired) electrons. The van der Waals surface area contributed by atoms with Gasteiger partial charge in [0.2, 0.25) is 0 Å². The summed E-state index contributed by atoms with van der Waals surface area (Å²) in [5, 5.41) is 0. The summed E-state index contributed by atoms with van der Waals surface area (Å²) < 4.78 is 32.3. The van der Waals surface area contributed by atoms with Gasteiger partial charge in [-0.1, -0.05) is 6.08 Å². The van der Waals surface area contributed by atoms with E-state index >= 15 is 0 Å². The topological polar surface area (TPSA) is 75.7 Å². The predicted octanol–water partition coefficient (Wildman–Crippen LogP) is 2.04. The molecule has 112 valence electrons. The summed E-state index contributed by atoms with van der Waals surface area (Å²) in [6, 6.07) is -0.334. The van der Waals surface area contributed by atoms with Crippen molar-refractivity contribution in [3.63, 3.8) is 0 Å². The Labute approximate surface area is 116 Å².